The van der Waals surface area contributed by atoms with Crippen molar-refractivity contribution >= 4 is 39.1 Å². The largest absolute Gasteiger partial charge is 0.310 e. The van der Waals surface area contributed by atoms with Crippen molar-refractivity contribution in [1.82, 2.24) is 5.32 Å². The van der Waals surface area contributed by atoms with E-state index in [1.54, 1.807) is 12.1 Å². The van der Waals surface area contributed by atoms with Gasteiger partial charge < -0.3 is 5.32 Å². The van der Waals surface area contributed by atoms with Crippen molar-refractivity contribution in [3.63, 3.8) is 0 Å². The molecule has 1 unspecified atom stereocenters. The first-order valence-corrected chi connectivity index (χ1v) is 8.18. The second kappa shape index (κ2) is 7.59. The average molecular weight is 391 g/mol. The first-order chi connectivity index (χ1) is 10.0. The third-order valence-electron chi connectivity index (χ3n) is 3.22. The molecule has 1 nitrogen and oxygen atoms in total. The summed E-state index contributed by atoms with van der Waals surface area (Å²) in [4.78, 5) is 0. The number of nitrogens with one attached hydrogen (secondary N) is 1. The summed E-state index contributed by atoms with van der Waals surface area (Å²) in [5, 5.41) is 4.53. The van der Waals surface area contributed by atoms with Gasteiger partial charge in [-0.25, -0.2) is 4.39 Å². The highest BCUT2D eigenvalue weighted by atomic mass is 79.9. The third-order valence-corrected chi connectivity index (χ3v) is 4.28. The predicted molar refractivity (Wildman–Crippen MR) is 90.7 cm³/mol. The molecule has 1 N–H and O–H groups in total. The summed E-state index contributed by atoms with van der Waals surface area (Å²) in [7, 11) is 0. The Kier molecular flexibility index (Phi) is 6.06. The molecule has 0 amide bonds. The van der Waals surface area contributed by atoms with Crippen LogP contribution in [0.25, 0.3) is 0 Å². The van der Waals surface area contributed by atoms with Crippen LogP contribution in [-0.2, 0) is 6.42 Å². The Morgan fingerprint density at radius 1 is 1.19 bits per heavy atom. The Bertz CT molecular complexity index is 634. The molecule has 0 fully saturated rings. The zero-order valence-corrected chi connectivity index (χ0v) is 14.6. The lowest BCUT2D eigenvalue weighted by molar-refractivity contribution is 0.528. The van der Waals surface area contributed by atoms with E-state index >= 15 is 0 Å². The van der Waals surface area contributed by atoms with Gasteiger partial charge in [0.25, 0.3) is 0 Å². The van der Waals surface area contributed by atoms with Crippen molar-refractivity contribution in [2.24, 2.45) is 0 Å². The minimum atomic E-state index is -0.254. The molecular formula is C16H15BrCl2FN. The van der Waals surface area contributed by atoms with Crippen LogP contribution in [0.1, 0.15) is 24.1 Å². The monoisotopic (exact) mass is 389 g/mol. The standard InChI is InChI=1S/C16H15BrCl2FN/c1-2-21-16(13-5-3-11(17)9-14(13)19)8-10-7-12(18)4-6-15(10)20/h3-7,9,16,21H,2,8H2,1H3. The molecule has 0 bridgehead atoms. The van der Waals surface area contributed by atoms with Gasteiger partial charge in [-0.15, -0.1) is 0 Å². The van der Waals surface area contributed by atoms with Gasteiger partial charge in [-0.2, -0.15) is 0 Å². The molecule has 112 valence electrons. The van der Waals surface area contributed by atoms with E-state index < -0.39 is 0 Å². The topological polar surface area (TPSA) is 12.0 Å². The lowest BCUT2D eigenvalue weighted by Gasteiger charge is -2.20. The Balaban J connectivity index is 2.32. The van der Waals surface area contributed by atoms with Crippen molar-refractivity contribution < 1.29 is 4.39 Å². The SMILES string of the molecule is CCNC(Cc1cc(Cl)ccc1F)c1ccc(Br)cc1Cl. The van der Waals surface area contributed by atoms with Crippen LogP contribution in [-0.4, -0.2) is 6.54 Å². The second-order valence-corrected chi connectivity index (χ2v) is 6.48. The third kappa shape index (κ3) is 4.43. The van der Waals surface area contributed by atoms with Gasteiger partial charge in [0.05, 0.1) is 0 Å². The summed E-state index contributed by atoms with van der Waals surface area (Å²) in [6.45, 7) is 2.77. The van der Waals surface area contributed by atoms with Gasteiger partial charge in [0.15, 0.2) is 0 Å². The number of hydrogen-bond acceptors (Lipinski definition) is 1. The normalized spacial score (nSPS) is 12.4. The van der Waals surface area contributed by atoms with E-state index in [0.717, 1.165) is 16.6 Å². The summed E-state index contributed by atoms with van der Waals surface area (Å²) < 4.78 is 14.8. The lowest BCUT2D eigenvalue weighted by Crippen LogP contribution is -2.23. The Morgan fingerprint density at radius 2 is 1.95 bits per heavy atom. The molecule has 2 rings (SSSR count). The minimum Gasteiger partial charge on any atom is -0.310 e. The summed E-state index contributed by atoms with van der Waals surface area (Å²) in [5.74, 6) is -0.254. The maximum atomic E-state index is 13.9. The Labute approximate surface area is 142 Å². The van der Waals surface area contributed by atoms with Crippen LogP contribution in [0.2, 0.25) is 10.0 Å². The highest BCUT2D eigenvalue weighted by molar-refractivity contribution is 9.10. The first-order valence-electron chi connectivity index (χ1n) is 6.63. The Hall–Kier alpha value is -0.610. The zero-order chi connectivity index (χ0) is 15.4. The zero-order valence-electron chi connectivity index (χ0n) is 11.5. The van der Waals surface area contributed by atoms with Crippen LogP contribution in [0.4, 0.5) is 4.39 Å². The molecule has 0 radical (unpaired) electrons. The van der Waals surface area contributed by atoms with Crippen molar-refractivity contribution in [3.8, 4) is 0 Å². The first kappa shape index (κ1) is 16.8. The summed E-state index contributed by atoms with van der Waals surface area (Å²) in [6, 6.07) is 10.3. The van der Waals surface area contributed by atoms with E-state index in [0.29, 0.717) is 22.0 Å². The molecule has 0 spiro atoms. The van der Waals surface area contributed by atoms with Crippen molar-refractivity contribution in [2.75, 3.05) is 6.54 Å². The van der Waals surface area contributed by atoms with E-state index in [4.69, 9.17) is 23.2 Å². The van der Waals surface area contributed by atoms with Crippen LogP contribution >= 0.6 is 39.1 Å². The highest BCUT2D eigenvalue weighted by Crippen LogP contribution is 2.29. The molecule has 21 heavy (non-hydrogen) atoms. The van der Waals surface area contributed by atoms with Crippen molar-refractivity contribution in [2.45, 2.75) is 19.4 Å². The molecule has 1 atom stereocenters. The smallest absolute Gasteiger partial charge is 0.126 e. The number of rotatable bonds is 5. The van der Waals surface area contributed by atoms with E-state index in [1.165, 1.54) is 6.07 Å². The predicted octanol–water partition coefficient (Wildman–Crippen LogP) is 5.79. The van der Waals surface area contributed by atoms with Crippen molar-refractivity contribution in [1.29, 1.82) is 0 Å². The van der Waals surface area contributed by atoms with Gasteiger partial charge in [0, 0.05) is 20.6 Å². The fourth-order valence-corrected chi connectivity index (χ4v) is 3.24. The quantitative estimate of drug-likeness (QED) is 0.681. The molecule has 5 heteroatoms. The van der Waals surface area contributed by atoms with Crippen LogP contribution in [0, 0.1) is 5.82 Å². The molecule has 0 heterocycles. The van der Waals surface area contributed by atoms with Gasteiger partial charge in [0.2, 0.25) is 0 Å². The number of benzene rings is 2. The number of hydrogen-bond donors (Lipinski definition) is 1. The molecule has 2 aromatic rings. The fourth-order valence-electron chi connectivity index (χ4n) is 2.24. The van der Waals surface area contributed by atoms with Crippen LogP contribution in [0.15, 0.2) is 40.9 Å². The highest BCUT2D eigenvalue weighted by Gasteiger charge is 2.17. The molecule has 0 saturated carbocycles. The van der Waals surface area contributed by atoms with E-state index in [9.17, 15) is 4.39 Å². The minimum absolute atomic E-state index is 0.0661. The maximum Gasteiger partial charge on any atom is 0.126 e. The number of likely N-dealkylation sites (N-methyl/N-ethyl adjacent to an activating group) is 1. The van der Waals surface area contributed by atoms with Gasteiger partial charge in [-0.05, 0) is 54.4 Å². The van der Waals surface area contributed by atoms with Gasteiger partial charge in [0.1, 0.15) is 5.82 Å². The van der Waals surface area contributed by atoms with Crippen LogP contribution < -0.4 is 5.32 Å². The summed E-state index contributed by atoms with van der Waals surface area (Å²) in [5.41, 5.74) is 1.52. The van der Waals surface area contributed by atoms with E-state index in [-0.39, 0.29) is 11.9 Å². The van der Waals surface area contributed by atoms with Crippen LogP contribution in [0.5, 0.6) is 0 Å². The average Bonchev–Trinajstić information content (AvgIpc) is 2.42. The fraction of sp³-hybridized carbons (Fsp3) is 0.250. The molecular weight excluding hydrogens is 376 g/mol. The maximum absolute atomic E-state index is 13.9. The Morgan fingerprint density at radius 3 is 2.62 bits per heavy atom. The molecule has 0 aliphatic heterocycles. The number of halogens is 4. The molecule has 0 aromatic heterocycles. The molecule has 0 aliphatic rings. The van der Waals surface area contributed by atoms with E-state index in [1.807, 2.05) is 25.1 Å². The van der Waals surface area contributed by atoms with Crippen LogP contribution in [0.3, 0.4) is 0 Å². The van der Waals surface area contributed by atoms with Gasteiger partial charge >= 0.3 is 0 Å². The molecule has 0 saturated heterocycles. The summed E-state index contributed by atoms with van der Waals surface area (Å²) >= 11 is 15.7. The lowest BCUT2D eigenvalue weighted by atomic mass is 9.98. The van der Waals surface area contributed by atoms with E-state index in [2.05, 4.69) is 21.2 Å². The summed E-state index contributed by atoms with van der Waals surface area (Å²) in [6.07, 6.45) is 0.488. The van der Waals surface area contributed by atoms with Crippen molar-refractivity contribution in [3.05, 3.63) is 67.9 Å². The second-order valence-electron chi connectivity index (χ2n) is 4.72. The van der Waals surface area contributed by atoms with Gasteiger partial charge in [-0.3, -0.25) is 0 Å². The van der Waals surface area contributed by atoms with Gasteiger partial charge in [-0.1, -0.05) is 52.1 Å². The molecule has 2 aromatic carbocycles. The molecule has 0 aliphatic carbocycles.